The Kier molecular flexibility index (Phi) is 8.16. The molecule has 0 saturated carbocycles. The van der Waals surface area contributed by atoms with Crippen molar-refractivity contribution >= 4 is 17.5 Å². The maximum atomic E-state index is 11.8. The summed E-state index contributed by atoms with van der Waals surface area (Å²) >= 11 is 6.17. The number of nitrogens with one attached hydrogen (secondary N) is 2. The van der Waals surface area contributed by atoms with Crippen LogP contribution >= 0.6 is 11.6 Å². The summed E-state index contributed by atoms with van der Waals surface area (Å²) in [5, 5.41) is 6.71. The molecule has 0 aliphatic carbocycles. The highest BCUT2D eigenvalue weighted by Gasteiger charge is 2.11. The van der Waals surface area contributed by atoms with Gasteiger partial charge in [0.05, 0.1) is 5.02 Å². The van der Waals surface area contributed by atoms with Gasteiger partial charge in [-0.1, -0.05) is 37.6 Å². The molecule has 0 saturated heterocycles. The molecule has 0 aromatic heterocycles. The molecule has 0 aliphatic heterocycles. The zero-order valence-electron chi connectivity index (χ0n) is 13.0. The predicted molar refractivity (Wildman–Crippen MR) is 86.8 cm³/mol. The summed E-state index contributed by atoms with van der Waals surface area (Å²) in [5.41, 5.74) is 0.965. The molecule has 1 aromatic rings. The van der Waals surface area contributed by atoms with Crippen molar-refractivity contribution in [3.05, 3.63) is 28.8 Å². The van der Waals surface area contributed by atoms with Gasteiger partial charge in [0, 0.05) is 18.2 Å². The maximum absolute atomic E-state index is 11.8. The number of amides is 1. The van der Waals surface area contributed by atoms with Crippen LogP contribution in [0.2, 0.25) is 5.02 Å². The van der Waals surface area contributed by atoms with Crippen molar-refractivity contribution in [1.29, 1.82) is 0 Å². The lowest BCUT2D eigenvalue weighted by atomic mass is 10.2. The number of hydrogen-bond acceptors (Lipinski definition) is 3. The fourth-order valence-corrected chi connectivity index (χ4v) is 2.06. The molecule has 1 aromatic carbocycles. The monoisotopic (exact) mass is 312 g/mol. The van der Waals surface area contributed by atoms with Crippen molar-refractivity contribution in [2.75, 3.05) is 13.2 Å². The van der Waals surface area contributed by atoms with Gasteiger partial charge in [-0.3, -0.25) is 4.79 Å². The second-order valence-corrected chi connectivity index (χ2v) is 5.48. The van der Waals surface area contributed by atoms with E-state index in [4.69, 9.17) is 16.3 Å². The third-order valence-electron chi connectivity index (χ3n) is 3.16. The van der Waals surface area contributed by atoms with Gasteiger partial charge < -0.3 is 15.4 Å². The van der Waals surface area contributed by atoms with E-state index in [2.05, 4.69) is 17.6 Å². The van der Waals surface area contributed by atoms with Crippen molar-refractivity contribution < 1.29 is 9.53 Å². The topological polar surface area (TPSA) is 50.4 Å². The van der Waals surface area contributed by atoms with Gasteiger partial charge in [0.15, 0.2) is 6.61 Å². The molecule has 2 N–H and O–H groups in total. The van der Waals surface area contributed by atoms with Crippen LogP contribution in [0.3, 0.4) is 0 Å². The molecule has 1 rings (SSSR count). The predicted octanol–water partition coefficient (Wildman–Crippen LogP) is 3.13. The minimum Gasteiger partial charge on any atom is -0.482 e. The van der Waals surface area contributed by atoms with Crippen molar-refractivity contribution in [2.24, 2.45) is 0 Å². The van der Waals surface area contributed by atoms with Crippen molar-refractivity contribution in [2.45, 2.75) is 46.2 Å². The molecule has 1 unspecified atom stereocenters. The largest absolute Gasteiger partial charge is 0.482 e. The lowest BCUT2D eigenvalue weighted by molar-refractivity contribution is -0.123. The fourth-order valence-electron chi connectivity index (χ4n) is 1.81. The summed E-state index contributed by atoms with van der Waals surface area (Å²) in [6.07, 6.45) is 1.96. The van der Waals surface area contributed by atoms with Crippen LogP contribution in [-0.4, -0.2) is 25.1 Å². The van der Waals surface area contributed by atoms with Gasteiger partial charge in [-0.25, -0.2) is 0 Å². The molecule has 0 aliphatic rings. The van der Waals surface area contributed by atoms with Gasteiger partial charge in [-0.2, -0.15) is 0 Å². The molecule has 1 amide bonds. The Bertz CT molecular complexity index is 452. The zero-order chi connectivity index (χ0) is 15.7. The Balaban J connectivity index is 2.62. The summed E-state index contributed by atoms with van der Waals surface area (Å²) in [4.78, 5) is 11.8. The summed E-state index contributed by atoms with van der Waals surface area (Å²) in [7, 11) is 0. The Morgan fingerprint density at radius 2 is 2.14 bits per heavy atom. The van der Waals surface area contributed by atoms with Crippen LogP contribution in [-0.2, 0) is 11.3 Å². The van der Waals surface area contributed by atoms with Crippen LogP contribution in [0.4, 0.5) is 0 Å². The van der Waals surface area contributed by atoms with Gasteiger partial charge in [-0.15, -0.1) is 0 Å². The Labute approximate surface area is 132 Å². The number of carbonyl (C=O) groups excluding carboxylic acids is 1. The van der Waals surface area contributed by atoms with Gasteiger partial charge in [-0.05, 0) is 32.4 Å². The van der Waals surface area contributed by atoms with Gasteiger partial charge in [0.25, 0.3) is 5.91 Å². The molecule has 4 nitrogen and oxygen atoms in total. The molecule has 0 bridgehead atoms. The van der Waals surface area contributed by atoms with E-state index < -0.39 is 0 Å². The van der Waals surface area contributed by atoms with Gasteiger partial charge >= 0.3 is 0 Å². The van der Waals surface area contributed by atoms with Crippen LogP contribution in [0.1, 0.15) is 39.2 Å². The number of para-hydroxylation sites is 1. The van der Waals surface area contributed by atoms with Crippen LogP contribution in [0.15, 0.2) is 18.2 Å². The van der Waals surface area contributed by atoms with Crippen LogP contribution in [0.25, 0.3) is 0 Å². The van der Waals surface area contributed by atoms with Crippen molar-refractivity contribution in [3.8, 4) is 5.75 Å². The Morgan fingerprint density at radius 1 is 1.38 bits per heavy atom. The second-order valence-electron chi connectivity index (χ2n) is 5.07. The highest BCUT2D eigenvalue weighted by Crippen LogP contribution is 2.28. The third kappa shape index (κ3) is 6.36. The highest BCUT2D eigenvalue weighted by molar-refractivity contribution is 6.32. The lowest BCUT2D eigenvalue weighted by Gasteiger charge is -2.15. The van der Waals surface area contributed by atoms with Crippen LogP contribution in [0.5, 0.6) is 5.75 Å². The van der Waals surface area contributed by atoms with E-state index in [1.54, 1.807) is 6.07 Å². The summed E-state index contributed by atoms with van der Waals surface area (Å²) in [6.45, 7) is 7.69. The molecular formula is C16H25ClN2O2. The first kappa shape index (κ1) is 17.8. The van der Waals surface area contributed by atoms with E-state index in [9.17, 15) is 4.79 Å². The average Bonchev–Trinajstić information content (AvgIpc) is 2.46. The SMILES string of the molecule is CCCNCc1cccc(Cl)c1OCC(=O)NC(C)CC. The highest BCUT2D eigenvalue weighted by atomic mass is 35.5. The minimum atomic E-state index is -0.128. The first-order valence-electron chi connectivity index (χ1n) is 7.48. The molecule has 0 spiro atoms. The summed E-state index contributed by atoms with van der Waals surface area (Å²) in [6, 6.07) is 5.76. The molecule has 1 atom stereocenters. The molecule has 21 heavy (non-hydrogen) atoms. The molecular weight excluding hydrogens is 288 g/mol. The Hall–Kier alpha value is -1.26. The Morgan fingerprint density at radius 3 is 2.81 bits per heavy atom. The fraction of sp³-hybridized carbons (Fsp3) is 0.562. The first-order chi connectivity index (χ1) is 10.1. The first-order valence-corrected chi connectivity index (χ1v) is 7.86. The van der Waals surface area contributed by atoms with Crippen molar-refractivity contribution in [3.63, 3.8) is 0 Å². The average molecular weight is 313 g/mol. The molecule has 0 fully saturated rings. The van der Waals surface area contributed by atoms with E-state index in [0.29, 0.717) is 17.3 Å². The molecule has 118 valence electrons. The minimum absolute atomic E-state index is 0.0190. The normalized spacial score (nSPS) is 12.0. The number of rotatable bonds is 9. The van der Waals surface area contributed by atoms with E-state index in [1.807, 2.05) is 26.0 Å². The molecule has 0 heterocycles. The molecule has 5 heteroatoms. The van der Waals surface area contributed by atoms with E-state index >= 15 is 0 Å². The number of halogens is 1. The van der Waals surface area contributed by atoms with E-state index in [-0.39, 0.29) is 18.6 Å². The second kappa shape index (κ2) is 9.64. The standard InChI is InChI=1S/C16H25ClN2O2/c1-4-9-18-10-13-7-6-8-14(17)16(13)21-11-15(20)19-12(3)5-2/h6-8,12,18H,4-5,9-11H2,1-3H3,(H,19,20). The quantitative estimate of drug-likeness (QED) is 0.689. The van der Waals surface area contributed by atoms with Crippen LogP contribution < -0.4 is 15.4 Å². The number of carbonyl (C=O) groups is 1. The summed E-state index contributed by atoms with van der Waals surface area (Å²) < 4.78 is 5.62. The van der Waals surface area contributed by atoms with Crippen molar-refractivity contribution in [1.82, 2.24) is 10.6 Å². The molecule has 0 radical (unpaired) electrons. The third-order valence-corrected chi connectivity index (χ3v) is 3.46. The van der Waals surface area contributed by atoms with E-state index in [0.717, 1.165) is 24.9 Å². The summed E-state index contributed by atoms with van der Waals surface area (Å²) in [5.74, 6) is 0.457. The zero-order valence-corrected chi connectivity index (χ0v) is 13.8. The number of ether oxygens (including phenoxy) is 1. The van der Waals surface area contributed by atoms with Gasteiger partial charge in [0.1, 0.15) is 5.75 Å². The lowest BCUT2D eigenvalue weighted by Crippen LogP contribution is -2.35. The number of benzene rings is 1. The van der Waals surface area contributed by atoms with Gasteiger partial charge in [0.2, 0.25) is 0 Å². The van der Waals surface area contributed by atoms with Crippen LogP contribution in [0, 0.1) is 0 Å². The maximum Gasteiger partial charge on any atom is 0.258 e. The van der Waals surface area contributed by atoms with E-state index in [1.165, 1.54) is 0 Å². The number of hydrogen-bond donors (Lipinski definition) is 2. The smallest absolute Gasteiger partial charge is 0.258 e.